The lowest BCUT2D eigenvalue weighted by atomic mass is 9.98. The number of hydrogen-bond donors (Lipinski definition) is 8. The first-order chi connectivity index (χ1) is 15.8. The maximum Gasteiger partial charge on any atom is 0.326 e. The standard InChI is InChI=1S/C20H35N5O9/c1-3-10(2)16(20(33)34)25-18(31)12(6-4-5-7-21)23-19(32)13(9-15(28)29)24-17(30)11(22)8-14(26)27/h10-13,16H,3-9,21-22H2,1-2H3,(H,23,32)(H,24,30)(H,25,31)(H,26,27)(H,28,29)(H,33,34). The molecule has 0 aliphatic rings. The molecule has 0 aromatic heterocycles. The second-order valence-corrected chi connectivity index (χ2v) is 7.92. The smallest absolute Gasteiger partial charge is 0.326 e. The Balaban J connectivity index is 5.59. The van der Waals surface area contributed by atoms with Crippen molar-refractivity contribution in [2.24, 2.45) is 17.4 Å². The molecule has 0 spiro atoms. The van der Waals surface area contributed by atoms with E-state index < -0.39 is 78.6 Å². The van der Waals surface area contributed by atoms with Gasteiger partial charge in [-0.25, -0.2) is 4.79 Å². The van der Waals surface area contributed by atoms with Crippen LogP contribution in [0.15, 0.2) is 0 Å². The molecule has 0 rings (SSSR count). The maximum absolute atomic E-state index is 12.8. The summed E-state index contributed by atoms with van der Waals surface area (Å²) < 4.78 is 0. The Morgan fingerprint density at radius 2 is 1.32 bits per heavy atom. The van der Waals surface area contributed by atoms with E-state index in [1.54, 1.807) is 13.8 Å². The van der Waals surface area contributed by atoms with Gasteiger partial charge in [0.05, 0.1) is 18.9 Å². The summed E-state index contributed by atoms with van der Waals surface area (Å²) in [6, 6.07) is -5.63. The first-order valence-corrected chi connectivity index (χ1v) is 10.9. The molecule has 0 fully saturated rings. The van der Waals surface area contributed by atoms with Gasteiger partial charge < -0.3 is 42.7 Å². The molecule has 3 amide bonds. The van der Waals surface area contributed by atoms with Crippen LogP contribution >= 0.6 is 0 Å². The summed E-state index contributed by atoms with van der Waals surface area (Å²) in [5, 5.41) is 34.1. The molecule has 14 nitrogen and oxygen atoms in total. The molecule has 5 unspecified atom stereocenters. The SMILES string of the molecule is CCC(C)C(NC(=O)C(CCCCN)NC(=O)C(CC(=O)O)NC(=O)C(N)CC(=O)O)C(=O)O. The molecule has 34 heavy (non-hydrogen) atoms. The average Bonchev–Trinajstić information content (AvgIpc) is 2.74. The normalized spacial score (nSPS) is 15.2. The number of rotatable bonds is 17. The first kappa shape index (κ1) is 30.7. The lowest BCUT2D eigenvalue weighted by Gasteiger charge is -2.26. The molecule has 0 aromatic carbocycles. The van der Waals surface area contributed by atoms with Crippen LogP contribution in [0.25, 0.3) is 0 Å². The molecular formula is C20H35N5O9. The summed E-state index contributed by atoms with van der Waals surface area (Å²) in [4.78, 5) is 71.1. The van der Waals surface area contributed by atoms with Crippen LogP contribution in [-0.2, 0) is 28.8 Å². The summed E-state index contributed by atoms with van der Waals surface area (Å²) >= 11 is 0. The molecule has 0 bridgehead atoms. The van der Waals surface area contributed by atoms with E-state index in [2.05, 4.69) is 16.0 Å². The molecular weight excluding hydrogens is 454 g/mol. The second-order valence-electron chi connectivity index (χ2n) is 7.92. The summed E-state index contributed by atoms with van der Waals surface area (Å²) in [7, 11) is 0. The van der Waals surface area contributed by atoms with E-state index in [1.165, 1.54) is 0 Å². The predicted octanol–water partition coefficient (Wildman–Crippen LogP) is -2.02. The van der Waals surface area contributed by atoms with Gasteiger partial charge in [0.25, 0.3) is 0 Å². The maximum atomic E-state index is 12.8. The lowest BCUT2D eigenvalue weighted by molar-refractivity contribution is -0.144. The van der Waals surface area contributed by atoms with Crippen molar-refractivity contribution in [1.29, 1.82) is 0 Å². The number of carbonyl (C=O) groups is 6. The molecule has 0 heterocycles. The van der Waals surface area contributed by atoms with Crippen molar-refractivity contribution in [2.45, 2.75) is 76.5 Å². The number of hydrogen-bond acceptors (Lipinski definition) is 8. The van der Waals surface area contributed by atoms with E-state index in [4.69, 9.17) is 21.7 Å². The van der Waals surface area contributed by atoms with Gasteiger partial charge >= 0.3 is 17.9 Å². The van der Waals surface area contributed by atoms with Crippen molar-refractivity contribution in [2.75, 3.05) is 6.54 Å². The van der Waals surface area contributed by atoms with Gasteiger partial charge in [0.1, 0.15) is 18.1 Å². The Hall–Kier alpha value is -3.26. The van der Waals surface area contributed by atoms with Crippen LogP contribution in [0, 0.1) is 5.92 Å². The molecule has 10 N–H and O–H groups in total. The third kappa shape index (κ3) is 11.6. The van der Waals surface area contributed by atoms with Crippen LogP contribution in [-0.4, -0.2) is 81.7 Å². The minimum atomic E-state index is -1.65. The molecule has 0 aliphatic heterocycles. The van der Waals surface area contributed by atoms with Crippen LogP contribution in [0.1, 0.15) is 52.4 Å². The highest BCUT2D eigenvalue weighted by Crippen LogP contribution is 2.10. The van der Waals surface area contributed by atoms with Crippen molar-refractivity contribution in [3.63, 3.8) is 0 Å². The minimum Gasteiger partial charge on any atom is -0.481 e. The van der Waals surface area contributed by atoms with Crippen molar-refractivity contribution < 1.29 is 44.1 Å². The van der Waals surface area contributed by atoms with E-state index in [9.17, 15) is 33.9 Å². The van der Waals surface area contributed by atoms with Gasteiger partial charge in [-0.05, 0) is 31.7 Å². The van der Waals surface area contributed by atoms with Gasteiger partial charge in [0, 0.05) is 0 Å². The fraction of sp³-hybridized carbons (Fsp3) is 0.700. The molecule has 194 valence electrons. The van der Waals surface area contributed by atoms with Crippen LogP contribution < -0.4 is 27.4 Å². The van der Waals surface area contributed by atoms with Gasteiger partial charge in [-0.3, -0.25) is 24.0 Å². The summed E-state index contributed by atoms with van der Waals surface area (Å²) in [6.07, 6.45) is -0.163. The largest absolute Gasteiger partial charge is 0.481 e. The van der Waals surface area contributed by atoms with Crippen molar-refractivity contribution in [1.82, 2.24) is 16.0 Å². The first-order valence-electron chi connectivity index (χ1n) is 10.9. The fourth-order valence-corrected chi connectivity index (χ4v) is 2.91. The number of nitrogens with two attached hydrogens (primary N) is 2. The predicted molar refractivity (Wildman–Crippen MR) is 118 cm³/mol. The Morgan fingerprint density at radius 1 is 0.794 bits per heavy atom. The van der Waals surface area contributed by atoms with Gasteiger partial charge in [-0.1, -0.05) is 20.3 Å². The van der Waals surface area contributed by atoms with Crippen LogP contribution in [0.5, 0.6) is 0 Å². The molecule has 14 heteroatoms. The van der Waals surface area contributed by atoms with E-state index in [1.807, 2.05) is 0 Å². The number of unbranched alkanes of at least 4 members (excludes halogenated alkanes) is 1. The summed E-state index contributed by atoms with van der Waals surface area (Å²) in [5.41, 5.74) is 10.9. The number of amides is 3. The zero-order valence-electron chi connectivity index (χ0n) is 19.3. The number of carboxylic acids is 3. The quantitative estimate of drug-likeness (QED) is 0.103. The van der Waals surface area contributed by atoms with Gasteiger partial charge in [-0.15, -0.1) is 0 Å². The Kier molecular flexibility index (Phi) is 14.1. The molecule has 0 saturated heterocycles. The molecule has 0 aromatic rings. The summed E-state index contributed by atoms with van der Waals surface area (Å²) in [6.45, 7) is 3.70. The van der Waals surface area contributed by atoms with Crippen molar-refractivity contribution >= 4 is 35.6 Å². The number of carbonyl (C=O) groups excluding carboxylic acids is 3. The van der Waals surface area contributed by atoms with Crippen LogP contribution in [0.3, 0.4) is 0 Å². The zero-order chi connectivity index (χ0) is 26.4. The van der Waals surface area contributed by atoms with Crippen molar-refractivity contribution in [3.05, 3.63) is 0 Å². The van der Waals surface area contributed by atoms with Gasteiger partial charge in [-0.2, -0.15) is 0 Å². The third-order valence-electron chi connectivity index (χ3n) is 5.10. The molecule has 0 saturated carbocycles. The van der Waals surface area contributed by atoms with E-state index in [0.717, 1.165) is 0 Å². The highest BCUT2D eigenvalue weighted by atomic mass is 16.4. The Morgan fingerprint density at radius 3 is 1.79 bits per heavy atom. The monoisotopic (exact) mass is 489 g/mol. The van der Waals surface area contributed by atoms with Crippen LogP contribution in [0.2, 0.25) is 0 Å². The van der Waals surface area contributed by atoms with E-state index >= 15 is 0 Å². The Bertz CT molecular complexity index is 746. The third-order valence-corrected chi connectivity index (χ3v) is 5.10. The van der Waals surface area contributed by atoms with Gasteiger partial charge in [0.15, 0.2) is 0 Å². The summed E-state index contributed by atoms with van der Waals surface area (Å²) in [5.74, 6) is -7.35. The fourth-order valence-electron chi connectivity index (χ4n) is 2.91. The van der Waals surface area contributed by atoms with E-state index in [0.29, 0.717) is 25.8 Å². The average molecular weight is 490 g/mol. The zero-order valence-corrected chi connectivity index (χ0v) is 19.3. The number of aliphatic carboxylic acids is 3. The lowest BCUT2D eigenvalue weighted by Crippen LogP contribution is -2.58. The molecule has 0 aliphatic carbocycles. The van der Waals surface area contributed by atoms with Crippen LogP contribution in [0.4, 0.5) is 0 Å². The van der Waals surface area contributed by atoms with E-state index in [-0.39, 0.29) is 6.42 Å². The van der Waals surface area contributed by atoms with Crippen molar-refractivity contribution in [3.8, 4) is 0 Å². The number of carboxylic acid groups (broad SMARTS) is 3. The highest BCUT2D eigenvalue weighted by Gasteiger charge is 2.32. The molecule has 0 radical (unpaired) electrons. The topological polar surface area (TPSA) is 251 Å². The minimum absolute atomic E-state index is 0.0773. The second kappa shape index (κ2) is 15.6. The number of nitrogens with one attached hydrogen (secondary N) is 3. The highest BCUT2D eigenvalue weighted by molar-refractivity contribution is 5.96. The molecule has 5 atom stereocenters. The van der Waals surface area contributed by atoms with Gasteiger partial charge in [0.2, 0.25) is 17.7 Å². The Labute approximate surface area is 196 Å².